The molecule has 0 aromatic carbocycles. The molecule has 1 rings (SSSR count). The molecule has 0 heterocycles. The van der Waals surface area contributed by atoms with Gasteiger partial charge in [0.15, 0.2) is 6.29 Å². The second kappa shape index (κ2) is 3.19. The third-order valence-corrected chi connectivity index (χ3v) is 1.97. The maximum absolute atomic E-state index is 10.4. The maximum atomic E-state index is 10.4. The normalized spacial score (nSPS) is 29.0. The highest BCUT2D eigenvalue weighted by Crippen LogP contribution is 2.42. The molecule has 0 unspecified atom stereocenters. The Balaban J connectivity index is 2.35. The van der Waals surface area contributed by atoms with Crippen LogP contribution in [0.5, 0.6) is 0 Å². The van der Waals surface area contributed by atoms with E-state index in [-0.39, 0.29) is 18.1 Å². The Kier molecular flexibility index (Phi) is 2.46. The number of hydrogen-bond donors (Lipinski definition) is 1. The van der Waals surface area contributed by atoms with Gasteiger partial charge >= 0.3 is 5.97 Å². The van der Waals surface area contributed by atoms with E-state index in [0.717, 1.165) is 0 Å². The summed E-state index contributed by atoms with van der Waals surface area (Å²) in [5.74, 6) is -0.975. The zero-order valence-corrected chi connectivity index (χ0v) is 6.61. The maximum Gasteiger partial charge on any atom is 0.306 e. The summed E-state index contributed by atoms with van der Waals surface area (Å²) in [5.41, 5.74) is 0. The van der Waals surface area contributed by atoms with Crippen LogP contribution < -0.4 is 0 Å². The molecule has 1 N–H and O–H groups in total. The summed E-state index contributed by atoms with van der Waals surface area (Å²) < 4.78 is 9.84. The first-order valence-electron chi connectivity index (χ1n) is 3.49. The van der Waals surface area contributed by atoms with Crippen molar-refractivity contribution < 1.29 is 19.4 Å². The summed E-state index contributed by atoms with van der Waals surface area (Å²) in [7, 11) is 3.04. The molecule has 1 aliphatic carbocycles. The van der Waals surface area contributed by atoms with Crippen LogP contribution in [0, 0.1) is 11.8 Å². The van der Waals surface area contributed by atoms with Crippen molar-refractivity contribution >= 4 is 5.97 Å². The van der Waals surface area contributed by atoms with E-state index in [1.165, 1.54) is 14.2 Å². The van der Waals surface area contributed by atoms with Crippen molar-refractivity contribution in [3.8, 4) is 0 Å². The minimum absolute atomic E-state index is 0.0440. The molecular formula is C7H12O4. The number of ether oxygens (including phenoxy) is 2. The fraction of sp³-hybridized carbons (Fsp3) is 0.857. The molecule has 0 aliphatic heterocycles. The van der Waals surface area contributed by atoms with E-state index in [4.69, 9.17) is 14.6 Å². The van der Waals surface area contributed by atoms with Gasteiger partial charge in [0.1, 0.15) is 0 Å². The molecule has 4 nitrogen and oxygen atoms in total. The zero-order chi connectivity index (χ0) is 8.43. The smallest absolute Gasteiger partial charge is 0.306 e. The summed E-state index contributed by atoms with van der Waals surface area (Å²) >= 11 is 0. The van der Waals surface area contributed by atoms with Crippen molar-refractivity contribution in [2.75, 3.05) is 14.2 Å². The molecule has 0 aromatic heterocycles. The van der Waals surface area contributed by atoms with Crippen LogP contribution in [0.25, 0.3) is 0 Å². The first-order chi connectivity index (χ1) is 5.20. The third-order valence-electron chi connectivity index (χ3n) is 1.97. The molecule has 0 spiro atoms. The Morgan fingerprint density at radius 3 is 2.36 bits per heavy atom. The SMILES string of the molecule is COC(OC)[C@@H]1C[C@H]1C(=O)O. The van der Waals surface area contributed by atoms with Crippen molar-refractivity contribution in [2.24, 2.45) is 11.8 Å². The highest BCUT2D eigenvalue weighted by molar-refractivity contribution is 5.73. The summed E-state index contributed by atoms with van der Waals surface area (Å²) in [6.07, 6.45) is 0.317. The van der Waals surface area contributed by atoms with Crippen molar-refractivity contribution in [1.29, 1.82) is 0 Å². The van der Waals surface area contributed by atoms with E-state index < -0.39 is 5.97 Å². The molecule has 1 saturated carbocycles. The van der Waals surface area contributed by atoms with Gasteiger partial charge in [-0.2, -0.15) is 0 Å². The van der Waals surface area contributed by atoms with Crippen molar-refractivity contribution in [2.45, 2.75) is 12.7 Å². The summed E-state index contributed by atoms with van der Waals surface area (Å²) in [6.45, 7) is 0. The first-order valence-corrected chi connectivity index (χ1v) is 3.49. The fourth-order valence-electron chi connectivity index (χ4n) is 1.25. The minimum Gasteiger partial charge on any atom is -0.481 e. The van der Waals surface area contributed by atoms with Crippen LogP contribution >= 0.6 is 0 Å². The molecule has 0 saturated heterocycles. The van der Waals surface area contributed by atoms with Crippen LogP contribution in [0.2, 0.25) is 0 Å². The number of carboxylic acids is 1. The lowest BCUT2D eigenvalue weighted by Gasteiger charge is -2.11. The zero-order valence-electron chi connectivity index (χ0n) is 6.61. The number of carbonyl (C=O) groups is 1. The van der Waals surface area contributed by atoms with Crippen LogP contribution in [0.15, 0.2) is 0 Å². The van der Waals surface area contributed by atoms with E-state index in [9.17, 15) is 4.79 Å². The Bertz CT molecular complexity index is 153. The van der Waals surface area contributed by atoms with Crippen LogP contribution in [0.3, 0.4) is 0 Å². The molecule has 0 radical (unpaired) electrons. The van der Waals surface area contributed by atoms with Gasteiger partial charge in [0.05, 0.1) is 5.92 Å². The molecular weight excluding hydrogens is 148 g/mol. The van der Waals surface area contributed by atoms with E-state index in [1.54, 1.807) is 0 Å². The van der Waals surface area contributed by atoms with Gasteiger partial charge in [0.2, 0.25) is 0 Å². The van der Waals surface area contributed by atoms with Gasteiger partial charge in [0, 0.05) is 20.1 Å². The average Bonchev–Trinajstić information content (AvgIpc) is 2.70. The third kappa shape index (κ3) is 1.70. The average molecular weight is 160 g/mol. The van der Waals surface area contributed by atoms with Gasteiger partial charge in [0.25, 0.3) is 0 Å². The van der Waals surface area contributed by atoms with Gasteiger partial charge < -0.3 is 14.6 Å². The van der Waals surface area contributed by atoms with E-state index in [2.05, 4.69) is 0 Å². The lowest BCUT2D eigenvalue weighted by molar-refractivity contribution is -0.144. The number of rotatable bonds is 4. The van der Waals surface area contributed by atoms with E-state index >= 15 is 0 Å². The van der Waals surface area contributed by atoms with Gasteiger partial charge in [-0.05, 0) is 6.42 Å². The standard InChI is InChI=1S/C7H12O4/c1-10-7(11-2)5-3-4(5)6(8)9/h4-5,7H,3H2,1-2H3,(H,8,9)/t4-,5-/m1/s1. The van der Waals surface area contributed by atoms with E-state index in [1.807, 2.05) is 0 Å². The highest BCUT2D eigenvalue weighted by atomic mass is 16.7. The summed E-state index contributed by atoms with van der Waals surface area (Å²) in [5, 5.41) is 8.55. The summed E-state index contributed by atoms with van der Waals surface area (Å²) in [4.78, 5) is 10.4. The Morgan fingerprint density at radius 1 is 1.55 bits per heavy atom. The van der Waals surface area contributed by atoms with Crippen molar-refractivity contribution in [3.63, 3.8) is 0 Å². The largest absolute Gasteiger partial charge is 0.481 e. The second-order valence-corrected chi connectivity index (χ2v) is 2.68. The van der Waals surface area contributed by atoms with Crippen LogP contribution in [-0.4, -0.2) is 31.6 Å². The molecule has 1 aliphatic rings. The van der Waals surface area contributed by atoms with Gasteiger partial charge in [-0.15, -0.1) is 0 Å². The first kappa shape index (κ1) is 8.49. The minimum atomic E-state index is -0.755. The molecule has 0 aromatic rings. The highest BCUT2D eigenvalue weighted by Gasteiger charge is 2.48. The van der Waals surface area contributed by atoms with Gasteiger partial charge in [-0.25, -0.2) is 0 Å². The lowest BCUT2D eigenvalue weighted by Crippen LogP contribution is -2.18. The number of methoxy groups -OCH3 is 2. The lowest BCUT2D eigenvalue weighted by atomic mass is 10.3. The summed E-state index contributed by atoms with van der Waals surface area (Å²) in [6, 6.07) is 0. The predicted molar refractivity (Wildman–Crippen MR) is 37.0 cm³/mol. The van der Waals surface area contributed by atoms with Gasteiger partial charge in [-0.3, -0.25) is 4.79 Å². The van der Waals surface area contributed by atoms with Crippen molar-refractivity contribution in [3.05, 3.63) is 0 Å². The molecule has 2 atom stereocenters. The van der Waals surface area contributed by atoms with Gasteiger partial charge in [-0.1, -0.05) is 0 Å². The van der Waals surface area contributed by atoms with Crippen molar-refractivity contribution in [1.82, 2.24) is 0 Å². The van der Waals surface area contributed by atoms with E-state index in [0.29, 0.717) is 6.42 Å². The van der Waals surface area contributed by atoms with Crippen LogP contribution in [0.1, 0.15) is 6.42 Å². The Labute approximate surface area is 65.1 Å². The molecule has 1 fully saturated rings. The Morgan fingerprint density at radius 2 is 2.09 bits per heavy atom. The van der Waals surface area contributed by atoms with Crippen LogP contribution in [0.4, 0.5) is 0 Å². The Hall–Kier alpha value is -0.610. The fourth-order valence-corrected chi connectivity index (χ4v) is 1.25. The number of hydrogen-bond acceptors (Lipinski definition) is 3. The topological polar surface area (TPSA) is 55.8 Å². The number of aliphatic carboxylic acids is 1. The van der Waals surface area contributed by atoms with Crippen LogP contribution in [-0.2, 0) is 14.3 Å². The molecule has 0 amide bonds. The monoisotopic (exact) mass is 160 g/mol. The molecule has 11 heavy (non-hydrogen) atoms. The second-order valence-electron chi connectivity index (χ2n) is 2.68. The predicted octanol–water partition coefficient (Wildman–Crippen LogP) is 0.326. The molecule has 64 valence electrons. The molecule has 0 bridgehead atoms. The quantitative estimate of drug-likeness (QED) is 0.602. The molecule has 4 heteroatoms. The number of carboxylic acid groups (broad SMARTS) is 1.